The van der Waals surface area contributed by atoms with Gasteiger partial charge in [0.2, 0.25) is 0 Å². The molecule has 2 heterocycles. The molecule has 2 N–H and O–H groups in total. The van der Waals surface area contributed by atoms with Crippen LogP contribution in [0.5, 0.6) is 5.75 Å². The van der Waals surface area contributed by atoms with E-state index in [0.717, 1.165) is 17.5 Å². The number of nitrogens with one attached hydrogen (secondary N) is 1. The molecule has 134 valence electrons. The van der Waals surface area contributed by atoms with Gasteiger partial charge >= 0.3 is 5.97 Å². The Labute approximate surface area is 148 Å². The molecule has 0 saturated heterocycles. The Balaban J connectivity index is 1.73. The van der Waals surface area contributed by atoms with Crippen molar-refractivity contribution in [3.05, 3.63) is 59.7 Å². The normalized spacial score (nSPS) is 10.5. The number of carbonyl (C=O) groups excluding carboxylic acids is 1. The Kier molecular flexibility index (Phi) is 4.70. The quantitative estimate of drug-likeness (QED) is 0.695. The molecular formula is C17H17N5O4. The topological polar surface area (TPSA) is 111 Å². The molecule has 0 atom stereocenters. The van der Waals surface area contributed by atoms with Crippen molar-refractivity contribution in [1.29, 1.82) is 0 Å². The first-order valence-corrected chi connectivity index (χ1v) is 7.70. The Morgan fingerprint density at radius 3 is 2.81 bits per heavy atom. The predicted octanol–water partition coefficient (Wildman–Crippen LogP) is 1.62. The molecule has 1 amide bonds. The van der Waals surface area contributed by atoms with Gasteiger partial charge in [0, 0.05) is 13.2 Å². The SMILES string of the molecule is COc1cccc(Cn2cc(NC(=O)c3c(C(=O)O)cnn3C)cn2)c1. The van der Waals surface area contributed by atoms with Crippen LogP contribution in [-0.4, -0.2) is 43.7 Å². The predicted molar refractivity (Wildman–Crippen MR) is 92.4 cm³/mol. The van der Waals surface area contributed by atoms with E-state index >= 15 is 0 Å². The van der Waals surface area contributed by atoms with Gasteiger partial charge in [0.25, 0.3) is 5.91 Å². The molecule has 3 rings (SSSR count). The fourth-order valence-corrected chi connectivity index (χ4v) is 2.53. The lowest BCUT2D eigenvalue weighted by molar-refractivity contribution is 0.0692. The maximum atomic E-state index is 12.4. The maximum Gasteiger partial charge on any atom is 0.339 e. The second kappa shape index (κ2) is 7.09. The van der Waals surface area contributed by atoms with Gasteiger partial charge in [0.05, 0.1) is 31.7 Å². The van der Waals surface area contributed by atoms with E-state index in [4.69, 9.17) is 9.84 Å². The van der Waals surface area contributed by atoms with Crippen molar-refractivity contribution in [1.82, 2.24) is 19.6 Å². The minimum absolute atomic E-state index is 0.0296. The highest BCUT2D eigenvalue weighted by Crippen LogP contribution is 2.15. The van der Waals surface area contributed by atoms with E-state index in [2.05, 4.69) is 15.5 Å². The lowest BCUT2D eigenvalue weighted by atomic mass is 10.2. The summed E-state index contributed by atoms with van der Waals surface area (Å²) in [7, 11) is 3.11. The number of carbonyl (C=O) groups is 2. The van der Waals surface area contributed by atoms with Crippen LogP contribution in [0.3, 0.4) is 0 Å². The van der Waals surface area contributed by atoms with Gasteiger partial charge in [-0.05, 0) is 17.7 Å². The van der Waals surface area contributed by atoms with Crippen molar-refractivity contribution in [3.8, 4) is 5.75 Å². The number of aryl methyl sites for hydroxylation is 1. The van der Waals surface area contributed by atoms with E-state index in [0.29, 0.717) is 12.2 Å². The standard InChI is InChI=1S/C17H17N5O4/c1-21-15(14(8-18-21)17(24)25)16(23)20-12-7-19-22(10-12)9-11-4-3-5-13(6-11)26-2/h3-8,10H,9H2,1-2H3,(H,20,23)(H,24,25). The monoisotopic (exact) mass is 355 g/mol. The summed E-state index contributed by atoms with van der Waals surface area (Å²) in [5.74, 6) is -1.03. The largest absolute Gasteiger partial charge is 0.497 e. The highest BCUT2D eigenvalue weighted by Gasteiger charge is 2.22. The van der Waals surface area contributed by atoms with Crippen LogP contribution in [0.15, 0.2) is 42.9 Å². The van der Waals surface area contributed by atoms with Gasteiger partial charge < -0.3 is 15.2 Å². The van der Waals surface area contributed by atoms with Gasteiger partial charge in [-0.3, -0.25) is 14.2 Å². The minimum atomic E-state index is -1.21. The molecule has 26 heavy (non-hydrogen) atoms. The summed E-state index contributed by atoms with van der Waals surface area (Å²) in [6, 6.07) is 7.58. The van der Waals surface area contributed by atoms with Crippen LogP contribution in [0.1, 0.15) is 26.4 Å². The Bertz CT molecular complexity index is 960. The Morgan fingerprint density at radius 1 is 1.27 bits per heavy atom. The second-order valence-corrected chi connectivity index (χ2v) is 5.57. The van der Waals surface area contributed by atoms with Crippen molar-refractivity contribution < 1.29 is 19.4 Å². The molecule has 0 aliphatic heterocycles. The zero-order valence-electron chi connectivity index (χ0n) is 14.2. The molecule has 0 unspecified atom stereocenters. The van der Waals surface area contributed by atoms with Crippen LogP contribution in [0.25, 0.3) is 0 Å². The van der Waals surface area contributed by atoms with Crippen LogP contribution in [0, 0.1) is 0 Å². The van der Waals surface area contributed by atoms with Crippen molar-refractivity contribution in [3.63, 3.8) is 0 Å². The number of aromatic nitrogens is 4. The van der Waals surface area contributed by atoms with E-state index in [-0.39, 0.29) is 11.3 Å². The van der Waals surface area contributed by atoms with Crippen molar-refractivity contribution in [2.75, 3.05) is 12.4 Å². The molecule has 3 aromatic rings. The number of methoxy groups -OCH3 is 1. The zero-order valence-corrected chi connectivity index (χ0v) is 14.2. The number of anilines is 1. The summed E-state index contributed by atoms with van der Waals surface area (Å²) in [5.41, 5.74) is 1.26. The Hall–Kier alpha value is -3.62. The van der Waals surface area contributed by atoms with Gasteiger partial charge in [0.15, 0.2) is 0 Å². The first-order chi connectivity index (χ1) is 12.5. The number of amides is 1. The van der Waals surface area contributed by atoms with E-state index in [9.17, 15) is 9.59 Å². The molecule has 0 radical (unpaired) electrons. The zero-order chi connectivity index (χ0) is 18.7. The van der Waals surface area contributed by atoms with Gasteiger partial charge in [-0.25, -0.2) is 4.79 Å². The van der Waals surface area contributed by atoms with Crippen LogP contribution in [0.4, 0.5) is 5.69 Å². The molecule has 0 saturated carbocycles. The number of ether oxygens (including phenoxy) is 1. The fourth-order valence-electron chi connectivity index (χ4n) is 2.53. The summed E-state index contributed by atoms with van der Waals surface area (Å²) < 4.78 is 8.07. The fraction of sp³-hybridized carbons (Fsp3) is 0.176. The number of aromatic carboxylic acids is 1. The van der Waals surface area contributed by atoms with E-state index in [1.54, 1.807) is 18.0 Å². The highest BCUT2D eigenvalue weighted by molar-refractivity contribution is 6.09. The van der Waals surface area contributed by atoms with E-state index in [1.165, 1.54) is 17.9 Å². The van der Waals surface area contributed by atoms with Crippen molar-refractivity contribution in [2.24, 2.45) is 7.05 Å². The number of carboxylic acids is 1. The van der Waals surface area contributed by atoms with Crippen molar-refractivity contribution in [2.45, 2.75) is 6.54 Å². The van der Waals surface area contributed by atoms with Crippen LogP contribution >= 0.6 is 0 Å². The summed E-state index contributed by atoms with van der Waals surface area (Å²) in [5, 5.41) is 19.8. The number of hydrogen-bond acceptors (Lipinski definition) is 5. The average molecular weight is 355 g/mol. The smallest absolute Gasteiger partial charge is 0.339 e. The third-order valence-corrected chi connectivity index (χ3v) is 3.75. The third kappa shape index (κ3) is 3.56. The molecule has 0 spiro atoms. The number of benzene rings is 1. The first-order valence-electron chi connectivity index (χ1n) is 7.70. The number of nitrogens with zero attached hydrogens (tertiary/aromatic N) is 4. The molecule has 9 heteroatoms. The van der Waals surface area contributed by atoms with Crippen LogP contribution in [-0.2, 0) is 13.6 Å². The lowest BCUT2D eigenvalue weighted by Gasteiger charge is -2.05. The highest BCUT2D eigenvalue weighted by atomic mass is 16.5. The van der Waals surface area contributed by atoms with Gasteiger partial charge in [-0.15, -0.1) is 0 Å². The second-order valence-electron chi connectivity index (χ2n) is 5.57. The third-order valence-electron chi connectivity index (χ3n) is 3.75. The first kappa shape index (κ1) is 17.2. The van der Waals surface area contributed by atoms with Gasteiger partial charge in [-0.1, -0.05) is 12.1 Å². The molecule has 0 aliphatic carbocycles. The molecule has 0 aliphatic rings. The number of carboxylic acid groups (broad SMARTS) is 1. The molecule has 1 aromatic carbocycles. The minimum Gasteiger partial charge on any atom is -0.497 e. The molecule has 0 bridgehead atoms. The van der Waals surface area contributed by atoms with Crippen molar-refractivity contribution >= 4 is 17.6 Å². The number of rotatable bonds is 6. The molecule has 0 fully saturated rings. The van der Waals surface area contributed by atoms with E-state index in [1.807, 2.05) is 24.3 Å². The summed E-state index contributed by atoms with van der Waals surface area (Å²) in [6.07, 6.45) is 4.30. The van der Waals surface area contributed by atoms with E-state index < -0.39 is 11.9 Å². The maximum absolute atomic E-state index is 12.4. The molecule has 2 aromatic heterocycles. The van der Waals surface area contributed by atoms with Gasteiger partial charge in [0.1, 0.15) is 17.0 Å². The van der Waals surface area contributed by atoms with Crippen LogP contribution in [0.2, 0.25) is 0 Å². The van der Waals surface area contributed by atoms with Crippen LogP contribution < -0.4 is 10.1 Å². The number of hydrogen-bond donors (Lipinski definition) is 2. The summed E-state index contributed by atoms with van der Waals surface area (Å²) in [4.78, 5) is 23.6. The Morgan fingerprint density at radius 2 is 2.08 bits per heavy atom. The summed E-state index contributed by atoms with van der Waals surface area (Å²) in [6.45, 7) is 0.499. The van der Waals surface area contributed by atoms with Gasteiger partial charge in [-0.2, -0.15) is 10.2 Å². The molecule has 9 nitrogen and oxygen atoms in total. The summed E-state index contributed by atoms with van der Waals surface area (Å²) >= 11 is 0. The lowest BCUT2D eigenvalue weighted by Crippen LogP contribution is -2.19. The average Bonchev–Trinajstić information content (AvgIpc) is 3.21. The molecular weight excluding hydrogens is 338 g/mol.